The first-order valence-corrected chi connectivity index (χ1v) is 9.75. The second-order valence-corrected chi connectivity index (χ2v) is 7.83. The second-order valence-electron chi connectivity index (χ2n) is 5.70. The van der Waals surface area contributed by atoms with Crippen LogP contribution in [0.5, 0.6) is 11.5 Å². The summed E-state index contributed by atoms with van der Waals surface area (Å²) in [6, 6.07) is 7.18. The number of rotatable bonds is 7. The number of urea groups is 1. The molecule has 1 atom stereocenters. The zero-order valence-corrected chi connectivity index (χ0v) is 15.0. The number of carbonyl (C=O) groups is 1. The zero-order valence-electron chi connectivity index (χ0n) is 14.2. The molecule has 1 aromatic carbocycles. The van der Waals surface area contributed by atoms with Crippen molar-refractivity contribution < 1.29 is 27.1 Å². The number of hydrogen-bond donors (Lipinski definition) is 2. The molecular weight excluding hydrogens is 360 g/mol. The third-order valence-corrected chi connectivity index (χ3v) is 5.95. The van der Waals surface area contributed by atoms with E-state index in [1.165, 1.54) is 18.4 Å². The highest BCUT2D eigenvalue weighted by Gasteiger charge is 2.33. The van der Waals surface area contributed by atoms with E-state index in [0.29, 0.717) is 18.0 Å². The lowest BCUT2D eigenvalue weighted by Crippen LogP contribution is -2.39. The first-order chi connectivity index (χ1) is 12.5. The number of hydrogen-bond acceptors (Lipinski definition) is 6. The fourth-order valence-electron chi connectivity index (χ4n) is 2.54. The molecule has 0 radical (unpaired) electrons. The molecule has 9 heteroatoms. The molecule has 0 fully saturated rings. The summed E-state index contributed by atoms with van der Waals surface area (Å²) < 4.78 is 42.0. The van der Waals surface area contributed by atoms with Crippen LogP contribution >= 0.6 is 0 Å². The van der Waals surface area contributed by atoms with Crippen LogP contribution in [0.1, 0.15) is 24.4 Å². The molecule has 0 aliphatic carbocycles. The zero-order chi connectivity index (χ0) is 18.6. The minimum atomic E-state index is -3.83. The normalized spacial score (nSPS) is 14.0. The molecule has 2 amide bonds. The van der Waals surface area contributed by atoms with E-state index in [9.17, 15) is 13.2 Å². The van der Waals surface area contributed by atoms with Crippen molar-refractivity contribution in [3.05, 3.63) is 42.4 Å². The largest absolute Gasteiger partial charge is 0.468 e. The molecule has 0 bridgehead atoms. The summed E-state index contributed by atoms with van der Waals surface area (Å²) in [5.41, 5.74) is 0. The Bertz CT molecular complexity index is 863. The molecule has 2 N–H and O–H groups in total. The predicted octanol–water partition coefficient (Wildman–Crippen LogP) is 2.23. The summed E-state index contributed by atoms with van der Waals surface area (Å²) in [5.74, 6) is 1.12. The first kappa shape index (κ1) is 18.1. The number of carbonyl (C=O) groups excluding carboxylic acids is 1. The predicted molar refractivity (Wildman–Crippen MR) is 92.9 cm³/mol. The molecule has 8 nitrogen and oxygen atoms in total. The minimum absolute atomic E-state index is 0.0552. The van der Waals surface area contributed by atoms with Gasteiger partial charge in [0.25, 0.3) is 0 Å². The van der Waals surface area contributed by atoms with Crippen molar-refractivity contribution in [3.63, 3.8) is 0 Å². The Morgan fingerprint density at radius 2 is 2.00 bits per heavy atom. The number of nitrogens with one attached hydrogen (secondary N) is 2. The van der Waals surface area contributed by atoms with E-state index in [4.69, 9.17) is 13.9 Å². The topological polar surface area (TPSA) is 107 Å². The summed E-state index contributed by atoms with van der Waals surface area (Å²) in [7, 11) is -3.83. The van der Waals surface area contributed by atoms with Gasteiger partial charge >= 0.3 is 6.03 Å². The van der Waals surface area contributed by atoms with Crippen molar-refractivity contribution in [2.45, 2.75) is 23.5 Å². The van der Waals surface area contributed by atoms with E-state index in [2.05, 4.69) is 10.6 Å². The number of furan rings is 1. The molecule has 0 spiro atoms. The molecular formula is C17H20N2O6S. The van der Waals surface area contributed by atoms with E-state index in [1.807, 2.05) is 6.92 Å². The molecule has 0 unspecified atom stereocenters. The lowest BCUT2D eigenvalue weighted by molar-refractivity contribution is 0.174. The Labute approximate surface area is 151 Å². The number of fused-ring (bicyclic) bond motifs is 1. The van der Waals surface area contributed by atoms with Gasteiger partial charge in [-0.15, -0.1) is 0 Å². The SMILES string of the molecule is CCCNC(=O)NC[C@H](c1ccco1)S(=O)(=O)c1ccc2c(c1)OCO2. The lowest BCUT2D eigenvalue weighted by atomic mass is 10.3. The van der Waals surface area contributed by atoms with Crippen molar-refractivity contribution in [1.82, 2.24) is 10.6 Å². The van der Waals surface area contributed by atoms with E-state index >= 15 is 0 Å². The van der Waals surface area contributed by atoms with Gasteiger partial charge in [0.2, 0.25) is 6.79 Å². The molecule has 2 heterocycles. The highest BCUT2D eigenvalue weighted by atomic mass is 32.2. The van der Waals surface area contributed by atoms with Crippen LogP contribution in [0.3, 0.4) is 0 Å². The molecule has 26 heavy (non-hydrogen) atoms. The van der Waals surface area contributed by atoms with Crippen molar-refractivity contribution in [3.8, 4) is 11.5 Å². The van der Waals surface area contributed by atoms with Gasteiger partial charge in [-0.3, -0.25) is 0 Å². The van der Waals surface area contributed by atoms with Gasteiger partial charge in [-0.25, -0.2) is 13.2 Å². The average Bonchev–Trinajstić information content (AvgIpc) is 3.30. The Balaban J connectivity index is 1.85. The van der Waals surface area contributed by atoms with Crippen LogP contribution in [0.15, 0.2) is 45.9 Å². The molecule has 3 rings (SSSR count). The van der Waals surface area contributed by atoms with Crippen molar-refractivity contribution >= 4 is 15.9 Å². The Morgan fingerprint density at radius 1 is 1.19 bits per heavy atom. The number of benzene rings is 1. The monoisotopic (exact) mass is 380 g/mol. The fraction of sp³-hybridized carbons (Fsp3) is 0.353. The number of sulfone groups is 1. The standard InChI is InChI=1S/C17H20N2O6S/c1-2-7-18-17(20)19-10-16(14-4-3-8-23-14)26(21,22)12-5-6-13-15(9-12)25-11-24-13/h3-6,8-9,16H,2,7,10-11H2,1H3,(H2,18,19,20)/t16-/m1/s1. The van der Waals surface area contributed by atoms with Gasteiger partial charge in [-0.05, 0) is 30.7 Å². The van der Waals surface area contributed by atoms with E-state index < -0.39 is 21.1 Å². The van der Waals surface area contributed by atoms with Crippen LogP contribution in [0.4, 0.5) is 4.79 Å². The minimum Gasteiger partial charge on any atom is -0.468 e. The third-order valence-electron chi connectivity index (χ3n) is 3.89. The smallest absolute Gasteiger partial charge is 0.314 e. The second kappa shape index (κ2) is 7.69. The maximum atomic E-state index is 13.1. The summed E-state index contributed by atoms with van der Waals surface area (Å²) >= 11 is 0. The highest BCUT2D eigenvalue weighted by molar-refractivity contribution is 7.91. The van der Waals surface area contributed by atoms with E-state index in [-0.39, 0.29) is 24.0 Å². The summed E-state index contributed by atoms with van der Waals surface area (Å²) in [4.78, 5) is 11.9. The number of amides is 2. The molecule has 1 aliphatic rings. The summed E-state index contributed by atoms with van der Waals surface area (Å²) in [6.07, 6.45) is 2.18. The number of ether oxygens (including phenoxy) is 2. The van der Waals surface area contributed by atoms with Crippen molar-refractivity contribution in [1.29, 1.82) is 0 Å². The van der Waals surface area contributed by atoms with Crippen LogP contribution < -0.4 is 20.1 Å². The highest BCUT2D eigenvalue weighted by Crippen LogP contribution is 2.37. The van der Waals surface area contributed by atoms with Crippen LogP contribution in [0.2, 0.25) is 0 Å². The Hall–Kier alpha value is -2.68. The van der Waals surface area contributed by atoms with Crippen LogP contribution in [-0.4, -0.2) is 34.3 Å². The van der Waals surface area contributed by atoms with Gasteiger partial charge in [0.15, 0.2) is 21.3 Å². The first-order valence-electron chi connectivity index (χ1n) is 8.21. The molecule has 2 aromatic rings. The van der Waals surface area contributed by atoms with E-state index in [1.54, 1.807) is 18.2 Å². The summed E-state index contributed by atoms with van der Waals surface area (Å²) in [6.45, 7) is 2.36. The lowest BCUT2D eigenvalue weighted by Gasteiger charge is -2.17. The maximum absolute atomic E-state index is 13.1. The van der Waals surface area contributed by atoms with Crippen LogP contribution in [-0.2, 0) is 9.84 Å². The van der Waals surface area contributed by atoms with E-state index in [0.717, 1.165) is 6.42 Å². The van der Waals surface area contributed by atoms with Crippen molar-refractivity contribution in [2.24, 2.45) is 0 Å². The average molecular weight is 380 g/mol. The van der Waals surface area contributed by atoms with Gasteiger partial charge in [-0.1, -0.05) is 6.92 Å². The third kappa shape index (κ3) is 3.77. The van der Waals surface area contributed by atoms with Gasteiger partial charge in [0.1, 0.15) is 11.0 Å². The van der Waals surface area contributed by atoms with Gasteiger partial charge in [0, 0.05) is 19.2 Å². The molecule has 140 valence electrons. The Kier molecular flexibility index (Phi) is 5.36. The Morgan fingerprint density at radius 3 is 2.73 bits per heavy atom. The quantitative estimate of drug-likeness (QED) is 0.763. The summed E-state index contributed by atoms with van der Waals surface area (Å²) in [5, 5.41) is 4.17. The molecule has 0 saturated heterocycles. The van der Waals surface area contributed by atoms with Gasteiger partial charge in [-0.2, -0.15) is 0 Å². The van der Waals surface area contributed by atoms with Crippen LogP contribution in [0.25, 0.3) is 0 Å². The van der Waals surface area contributed by atoms with Crippen molar-refractivity contribution in [2.75, 3.05) is 19.9 Å². The molecule has 0 saturated carbocycles. The fourth-order valence-corrected chi connectivity index (χ4v) is 4.14. The maximum Gasteiger partial charge on any atom is 0.314 e. The van der Waals surface area contributed by atoms with Gasteiger partial charge < -0.3 is 24.5 Å². The van der Waals surface area contributed by atoms with Gasteiger partial charge in [0.05, 0.1) is 11.2 Å². The van der Waals surface area contributed by atoms with Crippen LogP contribution in [0, 0.1) is 0 Å². The molecule has 1 aromatic heterocycles. The molecule has 1 aliphatic heterocycles.